The molecule has 0 atom stereocenters. The lowest BCUT2D eigenvalue weighted by Crippen LogP contribution is -2.25. The fourth-order valence-corrected chi connectivity index (χ4v) is 4.49. The Kier molecular flexibility index (Phi) is 6.75. The third-order valence-electron chi connectivity index (χ3n) is 5.19. The van der Waals surface area contributed by atoms with Gasteiger partial charge in [0, 0.05) is 12.1 Å². The van der Waals surface area contributed by atoms with Crippen molar-refractivity contribution in [3.63, 3.8) is 0 Å². The standard InChI is InChI=1S/C23H28N2O3S/c1-17-8-12-21(13-9-17)29(27,28)25-22-16-20(11-10-18(22)2)23(26)24-15-14-19-6-4-3-5-7-19/h6,8-13,16,25H,3-5,7,14-15H2,1-2H3,(H,24,26). The summed E-state index contributed by atoms with van der Waals surface area (Å²) in [4.78, 5) is 12.7. The molecule has 2 aromatic carbocycles. The van der Waals surface area contributed by atoms with Crippen LogP contribution in [0, 0.1) is 13.8 Å². The molecule has 2 aromatic rings. The number of carbonyl (C=O) groups excluding carboxylic acids is 1. The Labute approximate surface area is 173 Å². The van der Waals surface area contributed by atoms with E-state index in [2.05, 4.69) is 16.1 Å². The third kappa shape index (κ3) is 5.70. The van der Waals surface area contributed by atoms with Crippen LogP contribution in [0.3, 0.4) is 0 Å². The number of anilines is 1. The number of hydrogen-bond donors (Lipinski definition) is 2. The van der Waals surface area contributed by atoms with Crippen LogP contribution in [0.15, 0.2) is 59.0 Å². The average molecular weight is 413 g/mol. The molecule has 2 N–H and O–H groups in total. The number of aryl methyl sites for hydroxylation is 2. The van der Waals surface area contributed by atoms with Crippen LogP contribution in [-0.4, -0.2) is 20.9 Å². The van der Waals surface area contributed by atoms with E-state index in [0.717, 1.165) is 30.4 Å². The predicted molar refractivity (Wildman–Crippen MR) is 117 cm³/mol. The quantitative estimate of drug-likeness (QED) is 0.646. The lowest BCUT2D eigenvalue weighted by Gasteiger charge is -2.14. The summed E-state index contributed by atoms with van der Waals surface area (Å²) in [5, 5.41) is 2.94. The van der Waals surface area contributed by atoms with Gasteiger partial charge < -0.3 is 5.32 Å². The summed E-state index contributed by atoms with van der Waals surface area (Å²) in [5.41, 5.74) is 4.00. The highest BCUT2D eigenvalue weighted by atomic mass is 32.2. The van der Waals surface area contributed by atoms with Crippen molar-refractivity contribution in [2.24, 2.45) is 0 Å². The van der Waals surface area contributed by atoms with Gasteiger partial charge in [0.1, 0.15) is 0 Å². The molecule has 0 fully saturated rings. The minimum Gasteiger partial charge on any atom is -0.352 e. The monoisotopic (exact) mass is 412 g/mol. The van der Waals surface area contributed by atoms with E-state index < -0.39 is 10.0 Å². The number of nitrogens with one attached hydrogen (secondary N) is 2. The van der Waals surface area contributed by atoms with Crippen molar-refractivity contribution in [1.29, 1.82) is 0 Å². The normalized spacial score (nSPS) is 14.2. The number of carbonyl (C=O) groups is 1. The van der Waals surface area contributed by atoms with Crippen molar-refractivity contribution in [2.75, 3.05) is 11.3 Å². The highest BCUT2D eigenvalue weighted by Gasteiger charge is 2.16. The second-order valence-electron chi connectivity index (χ2n) is 7.56. The summed E-state index contributed by atoms with van der Waals surface area (Å²) in [6.45, 7) is 4.30. The molecule has 0 unspecified atom stereocenters. The first-order valence-corrected chi connectivity index (χ1v) is 11.5. The molecule has 154 valence electrons. The zero-order chi connectivity index (χ0) is 20.9. The Morgan fingerprint density at radius 2 is 1.79 bits per heavy atom. The lowest BCUT2D eigenvalue weighted by atomic mass is 9.97. The van der Waals surface area contributed by atoms with E-state index in [0.29, 0.717) is 17.8 Å². The molecular weight excluding hydrogens is 384 g/mol. The van der Waals surface area contributed by atoms with E-state index in [-0.39, 0.29) is 10.8 Å². The first-order chi connectivity index (χ1) is 13.8. The van der Waals surface area contributed by atoms with Crippen LogP contribution < -0.4 is 10.0 Å². The van der Waals surface area contributed by atoms with Crippen molar-refractivity contribution >= 4 is 21.6 Å². The molecule has 29 heavy (non-hydrogen) atoms. The lowest BCUT2D eigenvalue weighted by molar-refractivity contribution is 0.0954. The van der Waals surface area contributed by atoms with Gasteiger partial charge in [-0.1, -0.05) is 35.4 Å². The van der Waals surface area contributed by atoms with Crippen molar-refractivity contribution in [3.05, 3.63) is 70.8 Å². The van der Waals surface area contributed by atoms with Crippen molar-refractivity contribution < 1.29 is 13.2 Å². The maximum Gasteiger partial charge on any atom is 0.261 e. The van der Waals surface area contributed by atoms with Crippen LogP contribution in [0.4, 0.5) is 5.69 Å². The van der Waals surface area contributed by atoms with Crippen molar-refractivity contribution in [2.45, 2.75) is 50.8 Å². The Balaban J connectivity index is 1.67. The fraction of sp³-hybridized carbons (Fsp3) is 0.348. The largest absolute Gasteiger partial charge is 0.352 e. The first-order valence-electron chi connectivity index (χ1n) is 10.0. The van der Waals surface area contributed by atoms with Crippen LogP contribution in [0.1, 0.15) is 53.6 Å². The zero-order valence-electron chi connectivity index (χ0n) is 17.0. The summed E-state index contributed by atoms with van der Waals surface area (Å²) < 4.78 is 28.0. The molecule has 0 aliphatic heterocycles. The molecule has 5 nitrogen and oxygen atoms in total. The Morgan fingerprint density at radius 3 is 2.48 bits per heavy atom. The van der Waals surface area contributed by atoms with Gasteiger partial charge in [0.2, 0.25) is 0 Å². The Bertz CT molecular complexity index is 1010. The average Bonchev–Trinajstić information content (AvgIpc) is 2.70. The van der Waals surface area contributed by atoms with Crippen molar-refractivity contribution in [1.82, 2.24) is 5.32 Å². The molecule has 0 saturated carbocycles. The fourth-order valence-electron chi connectivity index (χ4n) is 3.36. The molecule has 0 aromatic heterocycles. The summed E-state index contributed by atoms with van der Waals surface area (Å²) in [7, 11) is -3.72. The molecule has 0 bridgehead atoms. The molecule has 6 heteroatoms. The van der Waals surface area contributed by atoms with Gasteiger partial charge in [0.25, 0.3) is 15.9 Å². The minimum absolute atomic E-state index is 0.193. The molecule has 0 radical (unpaired) electrons. The van der Waals surface area contributed by atoms with E-state index in [9.17, 15) is 13.2 Å². The predicted octanol–water partition coefficient (Wildman–Crippen LogP) is 4.72. The van der Waals surface area contributed by atoms with Crippen LogP contribution in [0.5, 0.6) is 0 Å². The number of rotatable bonds is 7. The van der Waals surface area contributed by atoms with E-state index in [1.165, 1.54) is 18.4 Å². The summed E-state index contributed by atoms with van der Waals surface area (Å²) in [5.74, 6) is -0.197. The van der Waals surface area contributed by atoms with E-state index >= 15 is 0 Å². The van der Waals surface area contributed by atoms with Crippen LogP contribution in [-0.2, 0) is 10.0 Å². The van der Waals surface area contributed by atoms with E-state index in [1.807, 2.05) is 13.8 Å². The summed E-state index contributed by atoms with van der Waals surface area (Å²) in [6, 6.07) is 11.7. The number of allylic oxidation sites excluding steroid dienone is 1. The van der Waals surface area contributed by atoms with Crippen LogP contribution >= 0.6 is 0 Å². The van der Waals surface area contributed by atoms with Gasteiger partial charge in [0.15, 0.2) is 0 Å². The molecule has 3 rings (SSSR count). The smallest absolute Gasteiger partial charge is 0.261 e. The molecular formula is C23H28N2O3S. The highest BCUT2D eigenvalue weighted by molar-refractivity contribution is 7.92. The van der Waals surface area contributed by atoms with Gasteiger partial charge in [-0.2, -0.15) is 0 Å². The number of amides is 1. The SMILES string of the molecule is Cc1ccc(S(=O)(=O)Nc2cc(C(=O)NCCC3=CCCCC3)ccc2C)cc1. The second-order valence-corrected chi connectivity index (χ2v) is 9.24. The second kappa shape index (κ2) is 9.27. The van der Waals surface area contributed by atoms with Crippen LogP contribution in [0.2, 0.25) is 0 Å². The van der Waals surface area contributed by atoms with E-state index in [1.54, 1.807) is 42.5 Å². The van der Waals surface area contributed by atoms with Crippen molar-refractivity contribution in [3.8, 4) is 0 Å². The number of sulfonamides is 1. The van der Waals surface area contributed by atoms with Gasteiger partial charge >= 0.3 is 0 Å². The Morgan fingerprint density at radius 1 is 1.03 bits per heavy atom. The summed E-state index contributed by atoms with van der Waals surface area (Å²) >= 11 is 0. The molecule has 0 saturated heterocycles. The maximum absolute atomic E-state index is 12.7. The molecule has 1 aliphatic carbocycles. The minimum atomic E-state index is -3.72. The Hall–Kier alpha value is -2.60. The molecule has 0 spiro atoms. The van der Waals surface area contributed by atoms with Gasteiger partial charge in [-0.25, -0.2) is 8.42 Å². The molecule has 0 heterocycles. The highest BCUT2D eigenvalue weighted by Crippen LogP contribution is 2.22. The third-order valence-corrected chi connectivity index (χ3v) is 6.57. The maximum atomic E-state index is 12.7. The van der Waals surface area contributed by atoms with Gasteiger partial charge in [-0.15, -0.1) is 0 Å². The topological polar surface area (TPSA) is 75.3 Å². The van der Waals surface area contributed by atoms with Gasteiger partial charge in [-0.05, 0) is 75.8 Å². The van der Waals surface area contributed by atoms with Gasteiger partial charge in [0.05, 0.1) is 10.6 Å². The first kappa shape index (κ1) is 21.1. The molecule has 1 amide bonds. The number of benzene rings is 2. The van der Waals surface area contributed by atoms with E-state index in [4.69, 9.17) is 0 Å². The van der Waals surface area contributed by atoms with Crippen LogP contribution in [0.25, 0.3) is 0 Å². The zero-order valence-corrected chi connectivity index (χ0v) is 17.8. The summed E-state index contributed by atoms with van der Waals surface area (Å²) in [6.07, 6.45) is 7.86. The number of hydrogen-bond acceptors (Lipinski definition) is 3. The molecule has 1 aliphatic rings. The van der Waals surface area contributed by atoms with Gasteiger partial charge in [-0.3, -0.25) is 9.52 Å².